The molecule has 0 spiro atoms. The molecule has 0 aromatic carbocycles. The van der Waals surface area contributed by atoms with Gasteiger partial charge >= 0.3 is 0 Å². The molecule has 0 rings (SSSR count). The highest BCUT2D eigenvalue weighted by atomic mass is 79.9. The molecule has 0 fully saturated rings. The summed E-state index contributed by atoms with van der Waals surface area (Å²) in [5.74, 6) is 0. The first-order valence-corrected chi connectivity index (χ1v) is 4.78. The number of rotatable bonds is 4. The van der Waals surface area contributed by atoms with Crippen molar-refractivity contribution in [1.82, 2.24) is 0 Å². The van der Waals surface area contributed by atoms with E-state index < -0.39 is 6.29 Å². The van der Waals surface area contributed by atoms with E-state index in [0.29, 0.717) is 0 Å². The van der Waals surface area contributed by atoms with Gasteiger partial charge in [-0.25, -0.2) is 0 Å². The Morgan fingerprint density at radius 1 is 1.33 bits per heavy atom. The van der Waals surface area contributed by atoms with Crippen LogP contribution in [-0.2, 0) is 0 Å². The normalized spacial score (nSPS) is 14.3. The molecule has 0 saturated carbocycles. The summed E-state index contributed by atoms with van der Waals surface area (Å²) in [6, 6.07) is 0. The highest BCUT2D eigenvalue weighted by molar-refractivity contribution is 9.09. The van der Waals surface area contributed by atoms with Gasteiger partial charge in [-0.05, 0) is 12.8 Å². The van der Waals surface area contributed by atoms with Crippen molar-refractivity contribution in [2.75, 3.05) is 5.33 Å². The zero-order valence-electron chi connectivity index (χ0n) is 4.93. The van der Waals surface area contributed by atoms with Crippen LogP contribution in [-0.4, -0.2) is 26.7 Å². The molecule has 0 aliphatic carbocycles. The van der Waals surface area contributed by atoms with Gasteiger partial charge in [0.25, 0.3) is 0 Å². The molecule has 2 nitrogen and oxygen atoms in total. The Hall–Kier alpha value is 0.880. The molecule has 0 aliphatic rings. The van der Waals surface area contributed by atoms with Crippen LogP contribution < -0.4 is 0 Å². The van der Waals surface area contributed by atoms with Crippen molar-refractivity contribution in [2.45, 2.75) is 24.0 Å². The minimum atomic E-state index is -1.23. The third-order valence-electron chi connectivity index (χ3n) is 0.937. The SMILES string of the molecule is OC(O)C(Br)CCCBr. The first kappa shape index (κ1) is 9.88. The topological polar surface area (TPSA) is 40.5 Å². The summed E-state index contributed by atoms with van der Waals surface area (Å²) in [5, 5.41) is 18.0. The van der Waals surface area contributed by atoms with Gasteiger partial charge in [-0.2, -0.15) is 0 Å². The Morgan fingerprint density at radius 3 is 2.22 bits per heavy atom. The summed E-state index contributed by atoms with van der Waals surface area (Å²) in [5.41, 5.74) is 0. The van der Waals surface area contributed by atoms with Gasteiger partial charge in [-0.3, -0.25) is 0 Å². The van der Waals surface area contributed by atoms with Crippen LogP contribution in [0.3, 0.4) is 0 Å². The van der Waals surface area contributed by atoms with Gasteiger partial charge in [0.2, 0.25) is 0 Å². The van der Waals surface area contributed by atoms with Gasteiger partial charge in [-0.15, -0.1) is 0 Å². The van der Waals surface area contributed by atoms with E-state index in [1.807, 2.05) is 0 Å². The molecular weight excluding hydrogens is 252 g/mol. The maximum Gasteiger partial charge on any atom is 0.164 e. The Morgan fingerprint density at radius 2 is 1.89 bits per heavy atom. The van der Waals surface area contributed by atoms with Crippen LogP contribution in [0.15, 0.2) is 0 Å². The molecule has 0 aliphatic heterocycles. The van der Waals surface area contributed by atoms with Gasteiger partial charge in [0, 0.05) is 5.33 Å². The largest absolute Gasteiger partial charge is 0.367 e. The van der Waals surface area contributed by atoms with E-state index in [2.05, 4.69) is 31.9 Å². The van der Waals surface area contributed by atoms with Crippen LogP contribution >= 0.6 is 31.9 Å². The maximum atomic E-state index is 8.54. The highest BCUT2D eigenvalue weighted by Crippen LogP contribution is 2.11. The van der Waals surface area contributed by atoms with Gasteiger partial charge in [0.15, 0.2) is 6.29 Å². The highest BCUT2D eigenvalue weighted by Gasteiger charge is 2.10. The lowest BCUT2D eigenvalue weighted by Gasteiger charge is -2.09. The van der Waals surface area contributed by atoms with Crippen molar-refractivity contribution in [3.63, 3.8) is 0 Å². The van der Waals surface area contributed by atoms with Crippen LogP contribution in [0.25, 0.3) is 0 Å². The molecule has 1 atom stereocenters. The van der Waals surface area contributed by atoms with Crippen LogP contribution in [0.5, 0.6) is 0 Å². The average molecular weight is 262 g/mol. The monoisotopic (exact) mass is 260 g/mol. The fourth-order valence-electron chi connectivity index (χ4n) is 0.421. The van der Waals surface area contributed by atoms with Gasteiger partial charge in [0.05, 0.1) is 4.83 Å². The van der Waals surface area contributed by atoms with Crippen LogP contribution in [0.4, 0.5) is 0 Å². The van der Waals surface area contributed by atoms with E-state index in [1.54, 1.807) is 0 Å². The fourth-order valence-corrected chi connectivity index (χ4v) is 1.07. The van der Waals surface area contributed by atoms with Crippen molar-refractivity contribution in [3.8, 4) is 0 Å². The lowest BCUT2D eigenvalue weighted by molar-refractivity contribution is -0.0397. The summed E-state index contributed by atoms with van der Waals surface area (Å²) >= 11 is 6.37. The van der Waals surface area contributed by atoms with Gasteiger partial charge in [-0.1, -0.05) is 31.9 Å². The maximum absolute atomic E-state index is 8.54. The molecule has 0 aromatic heterocycles. The molecule has 1 unspecified atom stereocenters. The third-order valence-corrected chi connectivity index (χ3v) is 2.43. The standard InChI is InChI=1S/C5H10Br2O2/c6-3-1-2-4(7)5(8)9/h4-5,8-9H,1-3H2. The number of aliphatic hydroxyl groups is 2. The molecular formula is C5H10Br2O2. The second kappa shape index (κ2) is 5.65. The second-order valence-electron chi connectivity index (χ2n) is 1.76. The van der Waals surface area contributed by atoms with Gasteiger partial charge < -0.3 is 10.2 Å². The summed E-state index contributed by atoms with van der Waals surface area (Å²) in [7, 11) is 0. The minimum absolute atomic E-state index is 0.185. The van der Waals surface area contributed by atoms with E-state index in [4.69, 9.17) is 10.2 Å². The number of hydrogen-bond donors (Lipinski definition) is 2. The molecule has 0 bridgehead atoms. The fraction of sp³-hybridized carbons (Fsp3) is 1.00. The van der Waals surface area contributed by atoms with Crippen molar-refractivity contribution in [3.05, 3.63) is 0 Å². The number of hydrogen-bond acceptors (Lipinski definition) is 2. The number of aliphatic hydroxyl groups excluding tert-OH is 1. The zero-order chi connectivity index (χ0) is 7.28. The van der Waals surface area contributed by atoms with E-state index in [-0.39, 0.29) is 4.83 Å². The van der Waals surface area contributed by atoms with E-state index in [0.717, 1.165) is 18.2 Å². The number of alkyl halides is 2. The first-order valence-electron chi connectivity index (χ1n) is 2.74. The Labute approximate surface area is 71.5 Å². The van der Waals surface area contributed by atoms with E-state index in [9.17, 15) is 0 Å². The van der Waals surface area contributed by atoms with Crippen LogP contribution in [0.2, 0.25) is 0 Å². The minimum Gasteiger partial charge on any atom is -0.367 e. The molecule has 56 valence electrons. The summed E-state index contributed by atoms with van der Waals surface area (Å²) in [4.78, 5) is -0.185. The van der Waals surface area contributed by atoms with E-state index >= 15 is 0 Å². The van der Waals surface area contributed by atoms with Crippen LogP contribution in [0.1, 0.15) is 12.8 Å². The smallest absolute Gasteiger partial charge is 0.164 e. The van der Waals surface area contributed by atoms with Gasteiger partial charge in [0.1, 0.15) is 0 Å². The zero-order valence-corrected chi connectivity index (χ0v) is 8.10. The Balaban J connectivity index is 3.16. The lowest BCUT2D eigenvalue weighted by atomic mass is 10.2. The molecule has 9 heavy (non-hydrogen) atoms. The molecule has 0 heterocycles. The molecule has 0 aromatic rings. The summed E-state index contributed by atoms with van der Waals surface area (Å²) in [6.45, 7) is 0. The molecule has 0 saturated heterocycles. The number of halogens is 2. The Kier molecular flexibility index (Phi) is 6.20. The van der Waals surface area contributed by atoms with E-state index in [1.165, 1.54) is 0 Å². The Bertz CT molecular complexity index is 68.0. The van der Waals surface area contributed by atoms with Crippen molar-refractivity contribution < 1.29 is 10.2 Å². The molecule has 0 radical (unpaired) electrons. The van der Waals surface area contributed by atoms with Crippen molar-refractivity contribution in [1.29, 1.82) is 0 Å². The molecule has 4 heteroatoms. The predicted molar refractivity (Wildman–Crippen MR) is 44.0 cm³/mol. The summed E-state index contributed by atoms with van der Waals surface area (Å²) < 4.78 is 0. The second-order valence-corrected chi connectivity index (χ2v) is 3.73. The first-order chi connectivity index (χ1) is 4.18. The quantitative estimate of drug-likeness (QED) is 0.591. The summed E-state index contributed by atoms with van der Waals surface area (Å²) in [6.07, 6.45) is 0.500. The molecule has 2 N–H and O–H groups in total. The predicted octanol–water partition coefficient (Wildman–Crippen LogP) is 1.24. The molecule has 0 amide bonds. The van der Waals surface area contributed by atoms with Crippen molar-refractivity contribution >= 4 is 31.9 Å². The van der Waals surface area contributed by atoms with Crippen LogP contribution in [0, 0.1) is 0 Å². The average Bonchev–Trinajstić information content (AvgIpc) is 1.82. The third kappa shape index (κ3) is 5.33. The van der Waals surface area contributed by atoms with Crippen molar-refractivity contribution in [2.24, 2.45) is 0 Å². The lowest BCUT2D eigenvalue weighted by Crippen LogP contribution is -2.18.